The summed E-state index contributed by atoms with van der Waals surface area (Å²) >= 11 is 1.22. The molecule has 0 radical (unpaired) electrons. The summed E-state index contributed by atoms with van der Waals surface area (Å²) in [5, 5.41) is 14.7. The maximum absolute atomic E-state index is 12.4. The Hall–Kier alpha value is -3.65. The second-order valence-corrected chi connectivity index (χ2v) is 8.76. The summed E-state index contributed by atoms with van der Waals surface area (Å²) in [4.78, 5) is 28.3. The fraction of sp³-hybridized carbons (Fsp3) is 0.200. The second kappa shape index (κ2) is 9.87. The number of nitro benzene ring substituents is 1. The van der Waals surface area contributed by atoms with Gasteiger partial charge in [0.1, 0.15) is 11.5 Å². The molecule has 1 aliphatic rings. The van der Waals surface area contributed by atoms with Crippen LogP contribution in [0.2, 0.25) is 0 Å². The average Bonchev–Trinajstić information content (AvgIpc) is 3.39. The molecule has 2 heterocycles. The van der Waals surface area contributed by atoms with E-state index in [-0.39, 0.29) is 11.6 Å². The average molecular weight is 462 g/mol. The SMILES string of the molecule is CCCCc1ccc(N=C2NC(=O)C(=Cc3ccc(-c4ccc(C)cc4[N+](=O)[O-])o3)S2)cc1. The van der Waals surface area contributed by atoms with E-state index >= 15 is 0 Å². The Morgan fingerprint density at radius 3 is 2.67 bits per heavy atom. The van der Waals surface area contributed by atoms with Crippen LogP contribution in [0.3, 0.4) is 0 Å². The lowest BCUT2D eigenvalue weighted by atomic mass is 10.1. The number of carbonyl (C=O) groups is 1. The van der Waals surface area contributed by atoms with Gasteiger partial charge in [-0.15, -0.1) is 0 Å². The number of hydrogen-bond acceptors (Lipinski definition) is 6. The Balaban J connectivity index is 1.51. The van der Waals surface area contributed by atoms with E-state index in [2.05, 4.69) is 29.4 Å². The van der Waals surface area contributed by atoms with Gasteiger partial charge in [-0.1, -0.05) is 31.5 Å². The number of carbonyl (C=O) groups excluding carboxylic acids is 1. The largest absolute Gasteiger partial charge is 0.456 e. The van der Waals surface area contributed by atoms with Crippen LogP contribution in [0.15, 0.2) is 68.9 Å². The first-order chi connectivity index (χ1) is 15.9. The predicted molar refractivity (Wildman–Crippen MR) is 131 cm³/mol. The van der Waals surface area contributed by atoms with Crippen molar-refractivity contribution in [3.05, 3.63) is 86.5 Å². The Kier molecular flexibility index (Phi) is 6.74. The first-order valence-electron chi connectivity index (χ1n) is 10.7. The minimum Gasteiger partial charge on any atom is -0.456 e. The number of amides is 1. The molecule has 0 unspecified atom stereocenters. The molecule has 168 valence electrons. The maximum Gasteiger partial charge on any atom is 0.280 e. The fourth-order valence-corrected chi connectivity index (χ4v) is 4.24. The lowest BCUT2D eigenvalue weighted by molar-refractivity contribution is -0.384. The lowest BCUT2D eigenvalue weighted by Gasteiger charge is -2.01. The van der Waals surface area contributed by atoms with E-state index in [1.165, 1.54) is 23.4 Å². The highest BCUT2D eigenvalue weighted by Crippen LogP contribution is 2.34. The number of hydrogen-bond donors (Lipinski definition) is 1. The molecular weight excluding hydrogens is 438 g/mol. The van der Waals surface area contributed by atoms with Gasteiger partial charge >= 0.3 is 0 Å². The molecule has 0 atom stereocenters. The molecule has 1 fully saturated rings. The topological polar surface area (TPSA) is 97.7 Å². The summed E-state index contributed by atoms with van der Waals surface area (Å²) < 4.78 is 5.80. The molecule has 1 aromatic heterocycles. The molecule has 0 aliphatic carbocycles. The van der Waals surface area contributed by atoms with E-state index in [0.717, 1.165) is 30.5 Å². The van der Waals surface area contributed by atoms with Gasteiger partial charge in [0.15, 0.2) is 5.17 Å². The zero-order chi connectivity index (χ0) is 23.4. The van der Waals surface area contributed by atoms with Crippen LogP contribution in [0.1, 0.15) is 36.7 Å². The molecule has 1 aliphatic heterocycles. The Labute approximate surface area is 195 Å². The maximum atomic E-state index is 12.4. The van der Waals surface area contributed by atoms with Gasteiger partial charge in [0.05, 0.1) is 21.1 Å². The number of benzene rings is 2. The third kappa shape index (κ3) is 5.40. The van der Waals surface area contributed by atoms with Crippen molar-refractivity contribution in [3.8, 4) is 11.3 Å². The summed E-state index contributed by atoms with van der Waals surface area (Å²) in [5.74, 6) is 0.533. The van der Waals surface area contributed by atoms with Crippen molar-refractivity contribution in [2.24, 2.45) is 4.99 Å². The highest BCUT2D eigenvalue weighted by atomic mass is 32.2. The van der Waals surface area contributed by atoms with Crippen LogP contribution in [0.25, 0.3) is 17.4 Å². The van der Waals surface area contributed by atoms with Crippen LogP contribution < -0.4 is 5.32 Å². The number of aliphatic imine (C=N–C) groups is 1. The molecule has 2 aromatic carbocycles. The van der Waals surface area contributed by atoms with Gasteiger partial charge in [-0.25, -0.2) is 4.99 Å². The number of unbranched alkanes of at least 4 members (excludes halogenated alkanes) is 1. The zero-order valence-corrected chi connectivity index (χ0v) is 19.1. The predicted octanol–water partition coefficient (Wildman–Crippen LogP) is 6.40. The van der Waals surface area contributed by atoms with Crippen LogP contribution in [0, 0.1) is 17.0 Å². The molecule has 1 amide bonds. The molecule has 0 spiro atoms. The number of rotatable bonds is 7. The molecule has 0 bridgehead atoms. The number of nitro groups is 1. The Morgan fingerprint density at radius 2 is 1.94 bits per heavy atom. The number of furan rings is 1. The first-order valence-corrected chi connectivity index (χ1v) is 11.5. The molecule has 4 rings (SSSR count). The van der Waals surface area contributed by atoms with Crippen LogP contribution in [0.4, 0.5) is 11.4 Å². The standard InChI is InChI=1S/C25H23N3O4S/c1-3-4-5-17-7-9-18(10-8-17)26-25-27-24(29)23(33-25)15-19-11-13-22(32-19)20-12-6-16(2)14-21(20)28(30)31/h6-15H,3-5H2,1-2H3,(H,26,27,29). The van der Waals surface area contributed by atoms with Crippen molar-refractivity contribution >= 4 is 40.3 Å². The Bertz CT molecular complexity index is 1260. The van der Waals surface area contributed by atoms with Gasteiger partial charge in [0.2, 0.25) is 0 Å². The number of aryl methyl sites for hydroxylation is 2. The molecule has 3 aromatic rings. The summed E-state index contributed by atoms with van der Waals surface area (Å²) in [6.45, 7) is 3.96. The highest BCUT2D eigenvalue weighted by molar-refractivity contribution is 8.18. The van der Waals surface area contributed by atoms with Crippen LogP contribution in [-0.4, -0.2) is 16.0 Å². The third-order valence-electron chi connectivity index (χ3n) is 5.15. The van der Waals surface area contributed by atoms with Gasteiger partial charge in [-0.2, -0.15) is 0 Å². The lowest BCUT2D eigenvalue weighted by Crippen LogP contribution is -2.19. The van der Waals surface area contributed by atoms with E-state index in [9.17, 15) is 14.9 Å². The van der Waals surface area contributed by atoms with Crippen molar-refractivity contribution < 1.29 is 14.1 Å². The quantitative estimate of drug-likeness (QED) is 0.249. The fourth-order valence-electron chi connectivity index (χ4n) is 3.42. The van der Waals surface area contributed by atoms with Crippen molar-refractivity contribution in [1.82, 2.24) is 5.32 Å². The van der Waals surface area contributed by atoms with Gasteiger partial charge in [0.25, 0.3) is 11.6 Å². The van der Waals surface area contributed by atoms with Crippen molar-refractivity contribution in [2.45, 2.75) is 33.1 Å². The van der Waals surface area contributed by atoms with E-state index in [1.807, 2.05) is 12.1 Å². The van der Waals surface area contributed by atoms with Crippen LogP contribution in [-0.2, 0) is 11.2 Å². The van der Waals surface area contributed by atoms with Crippen LogP contribution in [0.5, 0.6) is 0 Å². The number of amidine groups is 1. The van der Waals surface area contributed by atoms with Gasteiger partial charge in [0, 0.05) is 12.1 Å². The second-order valence-electron chi connectivity index (χ2n) is 7.73. The monoisotopic (exact) mass is 461 g/mol. The van der Waals surface area contributed by atoms with Crippen molar-refractivity contribution in [2.75, 3.05) is 0 Å². The molecular formula is C25H23N3O4S. The van der Waals surface area contributed by atoms with E-state index < -0.39 is 4.92 Å². The van der Waals surface area contributed by atoms with E-state index in [1.54, 1.807) is 37.3 Å². The Morgan fingerprint density at radius 1 is 1.15 bits per heavy atom. The molecule has 7 nitrogen and oxygen atoms in total. The normalized spacial score (nSPS) is 15.9. The molecule has 33 heavy (non-hydrogen) atoms. The third-order valence-corrected chi connectivity index (χ3v) is 6.06. The minimum atomic E-state index is -0.428. The van der Waals surface area contributed by atoms with Crippen molar-refractivity contribution in [3.63, 3.8) is 0 Å². The van der Waals surface area contributed by atoms with Gasteiger partial charge < -0.3 is 9.73 Å². The summed E-state index contributed by atoms with van der Waals surface area (Å²) in [6, 6.07) is 16.3. The van der Waals surface area contributed by atoms with Gasteiger partial charge in [-0.3, -0.25) is 14.9 Å². The number of thioether (sulfide) groups is 1. The number of nitrogens with zero attached hydrogens (tertiary/aromatic N) is 2. The summed E-state index contributed by atoms with van der Waals surface area (Å²) in [5.41, 5.74) is 3.20. The smallest absolute Gasteiger partial charge is 0.280 e. The first kappa shape index (κ1) is 22.5. The number of nitrogens with one attached hydrogen (secondary N) is 1. The summed E-state index contributed by atoms with van der Waals surface area (Å²) in [6.07, 6.45) is 4.96. The van der Waals surface area contributed by atoms with Crippen molar-refractivity contribution in [1.29, 1.82) is 0 Å². The molecule has 1 saturated heterocycles. The van der Waals surface area contributed by atoms with E-state index in [0.29, 0.717) is 27.2 Å². The molecule has 0 saturated carbocycles. The highest BCUT2D eigenvalue weighted by Gasteiger charge is 2.25. The minimum absolute atomic E-state index is 0.0216. The summed E-state index contributed by atoms with van der Waals surface area (Å²) in [7, 11) is 0. The zero-order valence-electron chi connectivity index (χ0n) is 18.3. The van der Waals surface area contributed by atoms with E-state index in [4.69, 9.17) is 4.42 Å². The molecule has 8 heteroatoms. The van der Waals surface area contributed by atoms with Crippen LogP contribution >= 0.6 is 11.8 Å². The van der Waals surface area contributed by atoms with Gasteiger partial charge in [-0.05, 0) is 73.0 Å². The molecule has 1 N–H and O–H groups in total.